The van der Waals surface area contributed by atoms with Gasteiger partial charge in [0.15, 0.2) is 0 Å². The van der Waals surface area contributed by atoms with Gasteiger partial charge in [0.1, 0.15) is 6.04 Å². The lowest BCUT2D eigenvalue weighted by Gasteiger charge is -2.31. The molecular formula is C23H27Cl3N2O2. The SMILES string of the molecule is CC[C@H](C(=O)NCC(C)C)N(Cc1ccc(Cl)cc1)C(=O)Cc1c(Cl)cccc1Cl. The molecule has 1 atom stereocenters. The Kier molecular flexibility index (Phi) is 9.47. The average molecular weight is 470 g/mol. The van der Waals surface area contributed by atoms with Gasteiger partial charge in [-0.2, -0.15) is 0 Å². The second-order valence-corrected chi connectivity index (χ2v) is 8.84. The zero-order valence-electron chi connectivity index (χ0n) is 17.4. The second kappa shape index (κ2) is 11.6. The van der Waals surface area contributed by atoms with Crippen LogP contribution in [0.4, 0.5) is 0 Å². The molecule has 2 rings (SSSR count). The second-order valence-electron chi connectivity index (χ2n) is 7.59. The maximum absolute atomic E-state index is 13.3. The highest BCUT2D eigenvalue weighted by Gasteiger charge is 2.29. The lowest BCUT2D eigenvalue weighted by molar-refractivity contribution is -0.141. The van der Waals surface area contributed by atoms with Crippen LogP contribution in [-0.4, -0.2) is 29.3 Å². The summed E-state index contributed by atoms with van der Waals surface area (Å²) in [5.41, 5.74) is 1.44. The highest BCUT2D eigenvalue weighted by molar-refractivity contribution is 6.36. The van der Waals surface area contributed by atoms with E-state index in [0.717, 1.165) is 5.56 Å². The van der Waals surface area contributed by atoms with E-state index >= 15 is 0 Å². The summed E-state index contributed by atoms with van der Waals surface area (Å²) in [4.78, 5) is 27.8. The largest absolute Gasteiger partial charge is 0.354 e. The molecule has 2 aromatic carbocycles. The number of carbonyl (C=O) groups is 2. The number of benzene rings is 2. The number of hydrogen-bond donors (Lipinski definition) is 1. The average Bonchev–Trinajstić information content (AvgIpc) is 2.70. The summed E-state index contributed by atoms with van der Waals surface area (Å²) in [5, 5.41) is 4.42. The molecule has 4 nitrogen and oxygen atoms in total. The van der Waals surface area contributed by atoms with Crippen LogP contribution in [0.5, 0.6) is 0 Å². The number of halogens is 3. The summed E-state index contributed by atoms with van der Waals surface area (Å²) in [6.07, 6.45) is 0.500. The Morgan fingerprint density at radius 1 is 1.00 bits per heavy atom. The molecule has 0 bridgehead atoms. The molecule has 2 amide bonds. The number of nitrogens with one attached hydrogen (secondary N) is 1. The van der Waals surface area contributed by atoms with Crippen LogP contribution < -0.4 is 5.32 Å². The minimum absolute atomic E-state index is 0.0139. The molecule has 30 heavy (non-hydrogen) atoms. The van der Waals surface area contributed by atoms with E-state index in [1.54, 1.807) is 35.2 Å². The Morgan fingerprint density at radius 2 is 1.60 bits per heavy atom. The monoisotopic (exact) mass is 468 g/mol. The summed E-state index contributed by atoms with van der Waals surface area (Å²) < 4.78 is 0. The molecule has 0 aliphatic rings. The first-order chi connectivity index (χ1) is 14.2. The van der Waals surface area contributed by atoms with Gasteiger partial charge in [-0.3, -0.25) is 9.59 Å². The first kappa shape index (κ1) is 24.5. The Balaban J connectivity index is 2.32. The smallest absolute Gasteiger partial charge is 0.242 e. The standard InChI is InChI=1S/C23H27Cl3N2O2/c1-4-21(23(30)27-13-15(2)3)28(14-16-8-10-17(24)11-9-16)22(29)12-18-19(25)6-5-7-20(18)26/h5-11,15,21H,4,12-14H2,1-3H3,(H,27,30)/t21-/m1/s1. The van der Waals surface area contributed by atoms with Crippen molar-refractivity contribution in [3.63, 3.8) is 0 Å². The maximum Gasteiger partial charge on any atom is 0.242 e. The van der Waals surface area contributed by atoms with Gasteiger partial charge in [-0.15, -0.1) is 0 Å². The Bertz CT molecular complexity index is 849. The number of hydrogen-bond acceptors (Lipinski definition) is 2. The maximum atomic E-state index is 13.3. The van der Waals surface area contributed by atoms with E-state index in [9.17, 15) is 9.59 Å². The van der Waals surface area contributed by atoms with Gasteiger partial charge < -0.3 is 10.2 Å². The van der Waals surface area contributed by atoms with E-state index in [1.807, 2.05) is 32.9 Å². The summed E-state index contributed by atoms with van der Waals surface area (Å²) in [6, 6.07) is 11.8. The number of amides is 2. The third kappa shape index (κ3) is 6.90. The van der Waals surface area contributed by atoms with Crippen molar-refractivity contribution in [3.8, 4) is 0 Å². The van der Waals surface area contributed by atoms with Gasteiger partial charge in [0, 0.05) is 28.2 Å². The van der Waals surface area contributed by atoms with E-state index < -0.39 is 6.04 Å². The van der Waals surface area contributed by atoms with E-state index in [4.69, 9.17) is 34.8 Å². The van der Waals surface area contributed by atoms with Gasteiger partial charge in [-0.05, 0) is 47.7 Å². The predicted molar refractivity (Wildman–Crippen MR) is 124 cm³/mol. The van der Waals surface area contributed by atoms with Crippen LogP contribution in [0.15, 0.2) is 42.5 Å². The predicted octanol–water partition coefficient (Wildman–Crippen LogP) is 5.77. The zero-order valence-corrected chi connectivity index (χ0v) is 19.7. The first-order valence-electron chi connectivity index (χ1n) is 9.97. The molecule has 0 spiro atoms. The highest BCUT2D eigenvalue weighted by Crippen LogP contribution is 2.26. The van der Waals surface area contributed by atoms with Crippen molar-refractivity contribution in [2.75, 3.05) is 6.54 Å². The lowest BCUT2D eigenvalue weighted by atomic mass is 10.1. The molecular weight excluding hydrogens is 443 g/mol. The van der Waals surface area contributed by atoms with Crippen molar-refractivity contribution in [3.05, 3.63) is 68.7 Å². The van der Waals surface area contributed by atoms with Crippen molar-refractivity contribution in [2.45, 2.75) is 46.2 Å². The molecule has 0 aromatic heterocycles. The molecule has 0 aliphatic heterocycles. The Morgan fingerprint density at radius 3 is 2.13 bits per heavy atom. The van der Waals surface area contributed by atoms with Crippen molar-refractivity contribution in [1.82, 2.24) is 10.2 Å². The van der Waals surface area contributed by atoms with Gasteiger partial charge in [0.2, 0.25) is 11.8 Å². The van der Waals surface area contributed by atoms with Gasteiger partial charge >= 0.3 is 0 Å². The van der Waals surface area contributed by atoms with Gasteiger partial charge in [-0.1, -0.05) is 73.8 Å². The summed E-state index contributed by atoms with van der Waals surface area (Å²) >= 11 is 18.5. The van der Waals surface area contributed by atoms with Crippen molar-refractivity contribution < 1.29 is 9.59 Å². The highest BCUT2D eigenvalue weighted by atomic mass is 35.5. The molecule has 0 saturated carbocycles. The van der Waals surface area contributed by atoms with Crippen molar-refractivity contribution in [2.24, 2.45) is 5.92 Å². The lowest BCUT2D eigenvalue weighted by Crippen LogP contribution is -2.50. The quantitative estimate of drug-likeness (QED) is 0.507. The summed E-state index contributed by atoms with van der Waals surface area (Å²) in [6.45, 7) is 6.78. The minimum Gasteiger partial charge on any atom is -0.354 e. The van der Waals surface area contributed by atoms with Crippen LogP contribution in [0.2, 0.25) is 15.1 Å². The molecule has 0 aliphatic carbocycles. The fourth-order valence-electron chi connectivity index (χ4n) is 3.08. The summed E-state index contributed by atoms with van der Waals surface area (Å²) in [7, 11) is 0. The van der Waals surface area contributed by atoms with E-state index in [0.29, 0.717) is 39.5 Å². The van der Waals surface area contributed by atoms with Gasteiger partial charge in [-0.25, -0.2) is 0 Å². The van der Waals surface area contributed by atoms with Crippen LogP contribution >= 0.6 is 34.8 Å². The van der Waals surface area contributed by atoms with E-state index in [-0.39, 0.29) is 24.8 Å². The van der Waals surface area contributed by atoms with Gasteiger partial charge in [0.25, 0.3) is 0 Å². The Hall–Kier alpha value is -1.75. The molecule has 0 fully saturated rings. The topological polar surface area (TPSA) is 49.4 Å². The van der Waals surface area contributed by atoms with Gasteiger partial charge in [0.05, 0.1) is 6.42 Å². The van der Waals surface area contributed by atoms with Crippen LogP contribution in [0, 0.1) is 5.92 Å². The third-order valence-electron chi connectivity index (χ3n) is 4.73. The van der Waals surface area contributed by atoms with Crippen LogP contribution in [0.1, 0.15) is 38.3 Å². The normalized spacial score (nSPS) is 12.0. The van der Waals surface area contributed by atoms with Crippen molar-refractivity contribution >= 4 is 46.6 Å². The first-order valence-corrected chi connectivity index (χ1v) is 11.1. The molecule has 162 valence electrons. The number of rotatable bonds is 9. The van der Waals surface area contributed by atoms with E-state index in [2.05, 4.69) is 5.32 Å². The minimum atomic E-state index is -0.604. The summed E-state index contributed by atoms with van der Waals surface area (Å²) in [5.74, 6) is -0.0703. The fourth-order valence-corrected chi connectivity index (χ4v) is 3.74. The van der Waals surface area contributed by atoms with Crippen LogP contribution in [0.3, 0.4) is 0 Å². The molecule has 2 aromatic rings. The van der Waals surface area contributed by atoms with Crippen molar-refractivity contribution in [1.29, 1.82) is 0 Å². The third-order valence-corrected chi connectivity index (χ3v) is 5.69. The van der Waals surface area contributed by atoms with E-state index in [1.165, 1.54) is 0 Å². The van der Waals surface area contributed by atoms with Crippen LogP contribution in [-0.2, 0) is 22.6 Å². The number of carbonyl (C=O) groups excluding carboxylic acids is 2. The molecule has 0 unspecified atom stereocenters. The zero-order chi connectivity index (χ0) is 22.3. The fraction of sp³-hybridized carbons (Fsp3) is 0.391. The molecule has 0 saturated heterocycles. The van der Waals surface area contributed by atoms with Crippen LogP contribution in [0.25, 0.3) is 0 Å². The molecule has 0 heterocycles. The Labute approximate surface area is 193 Å². The number of nitrogens with zero attached hydrogens (tertiary/aromatic N) is 1. The molecule has 7 heteroatoms. The molecule has 1 N–H and O–H groups in total. The molecule has 0 radical (unpaired) electrons.